The first-order chi connectivity index (χ1) is 6.26. The van der Waals surface area contributed by atoms with Crippen LogP contribution in [0.3, 0.4) is 0 Å². The molecule has 1 atom stereocenters. The van der Waals surface area contributed by atoms with Crippen molar-refractivity contribution in [1.82, 2.24) is 0 Å². The van der Waals surface area contributed by atoms with Crippen molar-refractivity contribution in [3.8, 4) is 0 Å². The summed E-state index contributed by atoms with van der Waals surface area (Å²) < 4.78 is 4.55. The van der Waals surface area contributed by atoms with Gasteiger partial charge < -0.3 is 9.94 Å². The normalized spacial score (nSPS) is 13.1. The van der Waals surface area contributed by atoms with Crippen LogP contribution in [0.4, 0.5) is 0 Å². The number of hydrogen-bond donors (Lipinski definition) is 1. The fraction of sp³-hybridized carbons (Fsp3) is 0.778. The first-order valence-corrected chi connectivity index (χ1v) is 4.51. The lowest BCUT2D eigenvalue weighted by Gasteiger charge is -2.07. The Morgan fingerprint density at radius 3 is 2.77 bits per heavy atom. The summed E-state index contributed by atoms with van der Waals surface area (Å²) in [5.74, 6) is -0.740. The van der Waals surface area contributed by atoms with Gasteiger partial charge in [0, 0.05) is 0 Å². The van der Waals surface area contributed by atoms with Crippen LogP contribution < -0.4 is 0 Å². The van der Waals surface area contributed by atoms with Crippen LogP contribution >= 0.6 is 0 Å². The summed E-state index contributed by atoms with van der Waals surface area (Å²) in [5.41, 5.74) is 0. The molecule has 0 aromatic heterocycles. The van der Waals surface area contributed by atoms with E-state index in [1.807, 2.05) is 0 Å². The molecule has 0 spiro atoms. The van der Waals surface area contributed by atoms with E-state index < -0.39 is 5.92 Å². The van der Waals surface area contributed by atoms with Crippen LogP contribution in [0.2, 0.25) is 0 Å². The van der Waals surface area contributed by atoms with Crippen molar-refractivity contribution in [2.24, 2.45) is 11.1 Å². The summed E-state index contributed by atoms with van der Waals surface area (Å²) >= 11 is 0. The molecular formula is C9H17NO3. The van der Waals surface area contributed by atoms with E-state index in [2.05, 4.69) is 16.8 Å². The standard InChI is InChI=1S/C9H17NO3/c1-3-4-5-6-8(7-10-12)9(11)13-2/h7-8,12H,3-6H2,1-2H3/b10-7-. The fourth-order valence-corrected chi connectivity index (χ4v) is 1.10. The number of rotatable bonds is 6. The number of carbonyl (C=O) groups excluding carboxylic acids is 1. The van der Waals surface area contributed by atoms with Crippen LogP contribution in [0.15, 0.2) is 5.16 Å². The molecule has 76 valence electrons. The maximum Gasteiger partial charge on any atom is 0.314 e. The van der Waals surface area contributed by atoms with Gasteiger partial charge in [-0.05, 0) is 6.42 Å². The molecule has 0 aliphatic carbocycles. The number of hydrogen-bond acceptors (Lipinski definition) is 4. The minimum Gasteiger partial charge on any atom is -0.469 e. The molecular weight excluding hydrogens is 170 g/mol. The molecule has 0 bridgehead atoms. The smallest absolute Gasteiger partial charge is 0.314 e. The minimum absolute atomic E-state index is 0.339. The number of carbonyl (C=O) groups is 1. The molecule has 4 nitrogen and oxygen atoms in total. The third-order valence-corrected chi connectivity index (χ3v) is 1.87. The maximum atomic E-state index is 11.1. The Morgan fingerprint density at radius 2 is 2.31 bits per heavy atom. The Hall–Kier alpha value is -1.06. The number of unbranched alkanes of at least 4 members (excludes halogenated alkanes) is 2. The van der Waals surface area contributed by atoms with E-state index in [1.54, 1.807) is 0 Å². The van der Waals surface area contributed by atoms with Gasteiger partial charge in [0.2, 0.25) is 0 Å². The first kappa shape index (κ1) is 11.9. The predicted octanol–water partition coefficient (Wildman–Crippen LogP) is 1.82. The Balaban J connectivity index is 3.87. The molecule has 0 saturated carbocycles. The van der Waals surface area contributed by atoms with Gasteiger partial charge in [0.05, 0.1) is 19.2 Å². The number of methoxy groups -OCH3 is 1. The fourth-order valence-electron chi connectivity index (χ4n) is 1.10. The lowest BCUT2D eigenvalue weighted by atomic mass is 10.0. The molecule has 0 rings (SSSR count). The van der Waals surface area contributed by atoms with E-state index in [9.17, 15) is 4.79 Å². The number of nitrogens with zero attached hydrogens (tertiary/aromatic N) is 1. The van der Waals surface area contributed by atoms with Gasteiger partial charge in [-0.3, -0.25) is 4.79 Å². The molecule has 0 aromatic carbocycles. The summed E-state index contributed by atoms with van der Waals surface area (Å²) in [4.78, 5) is 11.1. The number of esters is 1. The minimum atomic E-state index is -0.401. The Labute approximate surface area is 78.6 Å². The second-order valence-electron chi connectivity index (χ2n) is 2.89. The molecule has 0 fully saturated rings. The zero-order valence-corrected chi connectivity index (χ0v) is 8.19. The predicted molar refractivity (Wildman–Crippen MR) is 49.9 cm³/mol. The van der Waals surface area contributed by atoms with E-state index in [-0.39, 0.29) is 5.97 Å². The highest BCUT2D eigenvalue weighted by Gasteiger charge is 2.15. The summed E-state index contributed by atoms with van der Waals surface area (Å²) in [6.07, 6.45) is 5.03. The van der Waals surface area contributed by atoms with Crippen LogP contribution in [0.5, 0.6) is 0 Å². The van der Waals surface area contributed by atoms with Gasteiger partial charge in [-0.1, -0.05) is 26.2 Å². The number of ether oxygens (including phenoxy) is 1. The Kier molecular flexibility index (Phi) is 6.96. The van der Waals surface area contributed by atoms with E-state index in [1.165, 1.54) is 13.3 Å². The van der Waals surface area contributed by atoms with Gasteiger partial charge in [0.25, 0.3) is 0 Å². The zero-order valence-electron chi connectivity index (χ0n) is 8.19. The highest BCUT2D eigenvalue weighted by atomic mass is 16.5. The average Bonchev–Trinajstić information content (AvgIpc) is 2.16. The van der Waals surface area contributed by atoms with Gasteiger partial charge in [-0.15, -0.1) is 5.16 Å². The molecule has 0 saturated heterocycles. The molecule has 0 amide bonds. The summed E-state index contributed by atoms with van der Waals surface area (Å²) in [5, 5.41) is 11.2. The van der Waals surface area contributed by atoms with Crippen molar-refractivity contribution >= 4 is 12.2 Å². The van der Waals surface area contributed by atoms with Crippen LogP contribution in [0, 0.1) is 5.92 Å². The molecule has 0 aliphatic heterocycles. The lowest BCUT2D eigenvalue weighted by molar-refractivity contribution is -0.143. The Bertz CT molecular complexity index is 168. The van der Waals surface area contributed by atoms with E-state index >= 15 is 0 Å². The van der Waals surface area contributed by atoms with Gasteiger partial charge >= 0.3 is 5.97 Å². The molecule has 4 heteroatoms. The van der Waals surface area contributed by atoms with Crippen LogP contribution in [-0.4, -0.2) is 24.5 Å². The first-order valence-electron chi connectivity index (χ1n) is 4.51. The molecule has 13 heavy (non-hydrogen) atoms. The number of oxime groups is 1. The molecule has 1 N–H and O–H groups in total. The maximum absolute atomic E-state index is 11.1. The van der Waals surface area contributed by atoms with E-state index in [4.69, 9.17) is 5.21 Å². The molecule has 1 unspecified atom stereocenters. The van der Waals surface area contributed by atoms with Crippen molar-refractivity contribution in [3.05, 3.63) is 0 Å². The topological polar surface area (TPSA) is 58.9 Å². The second-order valence-corrected chi connectivity index (χ2v) is 2.89. The Morgan fingerprint density at radius 1 is 1.62 bits per heavy atom. The molecule has 0 aromatic rings. The van der Waals surface area contributed by atoms with Gasteiger partial charge in [-0.25, -0.2) is 0 Å². The molecule has 0 radical (unpaired) electrons. The zero-order chi connectivity index (χ0) is 10.1. The van der Waals surface area contributed by atoms with Gasteiger partial charge in [-0.2, -0.15) is 0 Å². The van der Waals surface area contributed by atoms with Crippen LogP contribution in [-0.2, 0) is 9.53 Å². The monoisotopic (exact) mass is 187 g/mol. The SMILES string of the molecule is CCCCCC(/C=N\O)C(=O)OC. The van der Waals surface area contributed by atoms with Crippen molar-refractivity contribution in [1.29, 1.82) is 0 Å². The van der Waals surface area contributed by atoms with Crippen molar-refractivity contribution in [3.63, 3.8) is 0 Å². The lowest BCUT2D eigenvalue weighted by Crippen LogP contribution is -2.17. The molecule has 0 aliphatic rings. The van der Waals surface area contributed by atoms with Crippen LogP contribution in [0.1, 0.15) is 32.6 Å². The van der Waals surface area contributed by atoms with E-state index in [0.717, 1.165) is 19.3 Å². The van der Waals surface area contributed by atoms with Crippen molar-refractivity contribution < 1.29 is 14.7 Å². The second kappa shape index (κ2) is 7.58. The quantitative estimate of drug-likeness (QED) is 0.227. The third-order valence-electron chi connectivity index (χ3n) is 1.87. The summed E-state index contributed by atoms with van der Waals surface area (Å²) in [6, 6.07) is 0. The molecule has 0 heterocycles. The highest BCUT2D eigenvalue weighted by molar-refractivity contribution is 5.89. The van der Waals surface area contributed by atoms with Crippen molar-refractivity contribution in [2.75, 3.05) is 7.11 Å². The average molecular weight is 187 g/mol. The summed E-state index contributed by atoms with van der Waals surface area (Å²) in [7, 11) is 1.33. The van der Waals surface area contributed by atoms with Gasteiger partial charge in [0.15, 0.2) is 0 Å². The largest absolute Gasteiger partial charge is 0.469 e. The van der Waals surface area contributed by atoms with E-state index in [0.29, 0.717) is 6.42 Å². The summed E-state index contributed by atoms with van der Waals surface area (Å²) in [6.45, 7) is 2.09. The van der Waals surface area contributed by atoms with Gasteiger partial charge in [0.1, 0.15) is 0 Å². The van der Waals surface area contributed by atoms with Crippen molar-refractivity contribution in [2.45, 2.75) is 32.6 Å². The van der Waals surface area contributed by atoms with Crippen LogP contribution in [0.25, 0.3) is 0 Å². The highest BCUT2D eigenvalue weighted by Crippen LogP contribution is 2.09. The third kappa shape index (κ3) is 5.22.